The average Bonchev–Trinajstić information content (AvgIpc) is 2.38. The maximum absolute atomic E-state index is 11.9. The lowest BCUT2D eigenvalue weighted by molar-refractivity contribution is 0.359. The highest BCUT2D eigenvalue weighted by molar-refractivity contribution is 5.96. The number of rotatable bonds is 0. The van der Waals surface area contributed by atoms with Crippen molar-refractivity contribution < 1.29 is 5.11 Å². The highest BCUT2D eigenvalue weighted by atomic mass is 16.3. The Kier molecular flexibility index (Phi) is 2.37. The van der Waals surface area contributed by atoms with E-state index in [1.807, 2.05) is 6.07 Å². The zero-order chi connectivity index (χ0) is 12.4. The van der Waals surface area contributed by atoms with Crippen molar-refractivity contribution in [1.29, 1.82) is 15.8 Å². The Hall–Kier alpha value is -3.03. The van der Waals surface area contributed by atoms with Gasteiger partial charge < -0.3 is 0 Å². The van der Waals surface area contributed by atoms with E-state index >= 15 is 0 Å². The largest absolute Gasteiger partial charge is 0.288 e. The first-order valence-corrected chi connectivity index (χ1v) is 4.70. The van der Waals surface area contributed by atoms with Gasteiger partial charge in [0.1, 0.15) is 23.8 Å². The molecule has 0 bridgehead atoms. The molecule has 4 heteroatoms. The second-order valence-electron chi connectivity index (χ2n) is 3.34. The minimum Gasteiger partial charge on any atom is -0.288 e. The van der Waals surface area contributed by atoms with E-state index in [0.29, 0.717) is 10.8 Å². The van der Waals surface area contributed by atoms with Gasteiger partial charge in [0, 0.05) is 10.8 Å². The van der Waals surface area contributed by atoms with E-state index in [2.05, 4.69) is 0 Å². The van der Waals surface area contributed by atoms with Gasteiger partial charge in [0.25, 0.3) is 0 Å². The third-order valence-electron chi connectivity index (χ3n) is 2.50. The van der Waals surface area contributed by atoms with Crippen LogP contribution in [0.1, 0.15) is 16.7 Å². The van der Waals surface area contributed by atoms with Crippen molar-refractivity contribution in [3.8, 4) is 24.0 Å². The van der Waals surface area contributed by atoms with Crippen LogP contribution in [0.2, 0.25) is 0 Å². The van der Waals surface area contributed by atoms with Crippen LogP contribution in [-0.4, -0.2) is 0 Å². The molecule has 2 aromatic rings. The monoisotopic (exact) mass is 218 g/mol. The predicted octanol–water partition coefficient (Wildman–Crippen LogP) is 2.60. The van der Waals surface area contributed by atoms with Crippen molar-refractivity contribution in [3.63, 3.8) is 0 Å². The second-order valence-corrected chi connectivity index (χ2v) is 3.34. The number of fused-ring (bicyclic) bond motifs is 1. The van der Waals surface area contributed by atoms with E-state index in [0.717, 1.165) is 0 Å². The molecule has 1 radical (unpaired) electrons. The van der Waals surface area contributed by atoms with Crippen molar-refractivity contribution in [2.75, 3.05) is 0 Å². The summed E-state index contributed by atoms with van der Waals surface area (Å²) in [5.74, 6) is -0.501. The summed E-state index contributed by atoms with van der Waals surface area (Å²) >= 11 is 0. The van der Waals surface area contributed by atoms with Gasteiger partial charge in [-0.1, -0.05) is 24.3 Å². The Morgan fingerprint density at radius 2 is 1.29 bits per heavy atom. The normalized spacial score (nSPS) is 9.24. The van der Waals surface area contributed by atoms with Crippen LogP contribution in [0, 0.1) is 34.0 Å². The number of nitrogens with zero attached hydrogens (tertiary/aromatic N) is 3. The summed E-state index contributed by atoms with van der Waals surface area (Å²) < 4.78 is 0. The minimum atomic E-state index is -0.501. The molecular formula is C13H4N3O. The first kappa shape index (κ1) is 10.5. The van der Waals surface area contributed by atoms with Crippen LogP contribution < -0.4 is 0 Å². The molecule has 0 aliphatic rings. The molecule has 77 valence electrons. The van der Waals surface area contributed by atoms with Gasteiger partial charge in [-0.2, -0.15) is 15.8 Å². The summed E-state index contributed by atoms with van der Waals surface area (Å²) in [7, 11) is 0. The van der Waals surface area contributed by atoms with E-state index < -0.39 is 5.75 Å². The topological polar surface area (TPSA) is 91.3 Å². The molecule has 0 fully saturated rings. The molecule has 0 atom stereocenters. The van der Waals surface area contributed by atoms with Crippen LogP contribution in [-0.2, 0) is 5.11 Å². The van der Waals surface area contributed by atoms with Gasteiger partial charge in [0.05, 0.1) is 11.1 Å². The Balaban J connectivity index is 3.14. The molecular weight excluding hydrogens is 214 g/mol. The summed E-state index contributed by atoms with van der Waals surface area (Å²) in [5.41, 5.74) is -0.319. The van der Waals surface area contributed by atoms with Crippen molar-refractivity contribution in [2.45, 2.75) is 0 Å². The van der Waals surface area contributed by atoms with E-state index in [-0.39, 0.29) is 16.7 Å². The molecule has 0 spiro atoms. The Morgan fingerprint density at radius 1 is 0.765 bits per heavy atom. The summed E-state index contributed by atoms with van der Waals surface area (Å²) in [6.07, 6.45) is 0. The quantitative estimate of drug-likeness (QED) is 0.680. The lowest BCUT2D eigenvalue weighted by Gasteiger charge is -2.05. The maximum atomic E-state index is 11.9. The molecule has 0 unspecified atom stereocenters. The van der Waals surface area contributed by atoms with Crippen LogP contribution in [0.15, 0.2) is 24.3 Å². The third-order valence-corrected chi connectivity index (χ3v) is 2.50. The SMILES string of the molecule is N#Cc1c(C#N)c(C#N)c2ccccc2c1[O]. The van der Waals surface area contributed by atoms with Crippen LogP contribution in [0.25, 0.3) is 10.8 Å². The number of hydrogen-bond donors (Lipinski definition) is 0. The van der Waals surface area contributed by atoms with Gasteiger partial charge in [-0.15, -0.1) is 0 Å². The molecule has 0 heterocycles. The van der Waals surface area contributed by atoms with Crippen LogP contribution >= 0.6 is 0 Å². The zero-order valence-corrected chi connectivity index (χ0v) is 8.56. The molecule has 2 rings (SSSR count). The first-order chi connectivity index (χ1) is 8.24. The molecule has 0 aliphatic carbocycles. The Labute approximate surface area is 97.2 Å². The van der Waals surface area contributed by atoms with Crippen LogP contribution in [0.5, 0.6) is 5.75 Å². The lowest BCUT2D eigenvalue weighted by Crippen LogP contribution is -1.93. The van der Waals surface area contributed by atoms with E-state index in [4.69, 9.17) is 15.8 Å². The van der Waals surface area contributed by atoms with Crippen molar-refractivity contribution in [2.24, 2.45) is 0 Å². The molecule has 17 heavy (non-hydrogen) atoms. The van der Waals surface area contributed by atoms with Crippen LogP contribution in [0.3, 0.4) is 0 Å². The van der Waals surface area contributed by atoms with Gasteiger partial charge in [-0.25, -0.2) is 0 Å². The van der Waals surface area contributed by atoms with E-state index in [1.165, 1.54) is 0 Å². The molecule has 0 saturated heterocycles. The molecule has 0 amide bonds. The van der Waals surface area contributed by atoms with Crippen molar-refractivity contribution in [1.82, 2.24) is 0 Å². The van der Waals surface area contributed by atoms with E-state index in [1.54, 1.807) is 36.4 Å². The van der Waals surface area contributed by atoms with Gasteiger partial charge in [0.15, 0.2) is 0 Å². The highest BCUT2D eigenvalue weighted by Crippen LogP contribution is 2.34. The molecule has 4 nitrogen and oxygen atoms in total. The first-order valence-electron chi connectivity index (χ1n) is 4.70. The Morgan fingerprint density at radius 3 is 1.82 bits per heavy atom. The number of hydrogen-bond acceptors (Lipinski definition) is 3. The summed E-state index contributed by atoms with van der Waals surface area (Å²) in [4.78, 5) is 0. The molecule has 0 aliphatic heterocycles. The zero-order valence-electron chi connectivity index (χ0n) is 8.56. The standard InChI is InChI=1S/C13H4N3O/c14-5-10-8-3-1-2-4-9(8)13(17)12(7-16)11(10)6-15/h1-4H. The lowest BCUT2D eigenvalue weighted by atomic mass is 9.95. The minimum absolute atomic E-state index is 0.0826. The number of nitriles is 3. The van der Waals surface area contributed by atoms with Gasteiger partial charge >= 0.3 is 0 Å². The number of benzene rings is 2. The van der Waals surface area contributed by atoms with Gasteiger partial charge in [-0.05, 0) is 0 Å². The second kappa shape index (κ2) is 3.85. The van der Waals surface area contributed by atoms with Gasteiger partial charge in [-0.3, -0.25) is 5.11 Å². The third kappa shape index (κ3) is 1.35. The summed E-state index contributed by atoms with van der Waals surface area (Å²) in [5, 5.41) is 39.5. The molecule has 0 N–H and O–H groups in total. The fourth-order valence-electron chi connectivity index (χ4n) is 1.74. The summed E-state index contributed by atoms with van der Waals surface area (Å²) in [6, 6.07) is 11.8. The van der Waals surface area contributed by atoms with Crippen molar-refractivity contribution in [3.05, 3.63) is 41.0 Å². The molecule has 0 aromatic heterocycles. The predicted molar refractivity (Wildman–Crippen MR) is 58.2 cm³/mol. The fourth-order valence-corrected chi connectivity index (χ4v) is 1.74. The van der Waals surface area contributed by atoms with Gasteiger partial charge in [0.2, 0.25) is 5.75 Å². The summed E-state index contributed by atoms with van der Waals surface area (Å²) in [6.45, 7) is 0. The van der Waals surface area contributed by atoms with E-state index in [9.17, 15) is 5.11 Å². The molecule has 2 aromatic carbocycles. The Bertz CT molecular complexity index is 742. The van der Waals surface area contributed by atoms with Crippen LogP contribution in [0.4, 0.5) is 0 Å². The highest BCUT2D eigenvalue weighted by Gasteiger charge is 2.19. The average molecular weight is 218 g/mol. The fraction of sp³-hybridized carbons (Fsp3) is 0. The molecule has 0 saturated carbocycles. The smallest absolute Gasteiger partial charge is 0.205 e. The van der Waals surface area contributed by atoms with Crippen molar-refractivity contribution >= 4 is 10.8 Å². The maximum Gasteiger partial charge on any atom is 0.205 e.